The van der Waals surface area contributed by atoms with E-state index in [1.54, 1.807) is 6.07 Å². The van der Waals surface area contributed by atoms with Gasteiger partial charge in [0.25, 0.3) is 0 Å². The Hall–Kier alpha value is -1.55. The highest BCUT2D eigenvalue weighted by molar-refractivity contribution is 5.99. The SMILES string of the molecule is CNCCCN(C)c1ccc(C(C)=O)c(N)c1. The van der Waals surface area contributed by atoms with Crippen molar-refractivity contribution in [1.29, 1.82) is 0 Å². The molecule has 94 valence electrons. The molecule has 0 heterocycles. The smallest absolute Gasteiger partial charge is 0.161 e. The van der Waals surface area contributed by atoms with E-state index in [9.17, 15) is 4.79 Å². The Balaban J connectivity index is 2.72. The van der Waals surface area contributed by atoms with Crippen LogP contribution in [-0.2, 0) is 0 Å². The van der Waals surface area contributed by atoms with Gasteiger partial charge in [-0.1, -0.05) is 0 Å². The van der Waals surface area contributed by atoms with Crippen molar-refractivity contribution in [2.45, 2.75) is 13.3 Å². The van der Waals surface area contributed by atoms with Crippen molar-refractivity contribution in [2.24, 2.45) is 0 Å². The van der Waals surface area contributed by atoms with Gasteiger partial charge in [-0.3, -0.25) is 4.79 Å². The van der Waals surface area contributed by atoms with Crippen molar-refractivity contribution in [3.05, 3.63) is 23.8 Å². The maximum Gasteiger partial charge on any atom is 0.161 e. The molecular weight excluding hydrogens is 214 g/mol. The average Bonchev–Trinajstić information content (AvgIpc) is 2.28. The van der Waals surface area contributed by atoms with E-state index >= 15 is 0 Å². The molecule has 0 aliphatic carbocycles. The van der Waals surface area contributed by atoms with Crippen LogP contribution in [0.5, 0.6) is 0 Å². The van der Waals surface area contributed by atoms with Crippen molar-refractivity contribution in [3.8, 4) is 0 Å². The predicted octanol–water partition coefficient (Wildman–Crippen LogP) is 1.52. The van der Waals surface area contributed by atoms with Crippen LogP contribution < -0.4 is 16.0 Å². The Morgan fingerprint density at radius 3 is 2.71 bits per heavy atom. The molecule has 0 atom stereocenters. The zero-order chi connectivity index (χ0) is 12.8. The monoisotopic (exact) mass is 235 g/mol. The molecule has 1 aromatic carbocycles. The molecule has 0 amide bonds. The highest BCUT2D eigenvalue weighted by Gasteiger charge is 2.07. The molecule has 17 heavy (non-hydrogen) atoms. The number of hydrogen-bond acceptors (Lipinski definition) is 4. The molecule has 1 rings (SSSR count). The third-order valence-corrected chi connectivity index (χ3v) is 2.78. The molecule has 0 spiro atoms. The third kappa shape index (κ3) is 3.75. The number of carbonyl (C=O) groups excluding carboxylic acids is 1. The summed E-state index contributed by atoms with van der Waals surface area (Å²) in [5.41, 5.74) is 8.05. The van der Waals surface area contributed by atoms with Crippen LogP contribution in [0.2, 0.25) is 0 Å². The van der Waals surface area contributed by atoms with Crippen LogP contribution in [0.3, 0.4) is 0 Å². The molecule has 0 aromatic heterocycles. The Morgan fingerprint density at radius 2 is 2.18 bits per heavy atom. The van der Waals surface area contributed by atoms with E-state index in [0.29, 0.717) is 11.3 Å². The minimum absolute atomic E-state index is 0.00638. The minimum Gasteiger partial charge on any atom is -0.398 e. The number of nitrogens with two attached hydrogens (primary N) is 1. The molecule has 0 saturated carbocycles. The van der Waals surface area contributed by atoms with Crippen LogP contribution in [0.4, 0.5) is 11.4 Å². The third-order valence-electron chi connectivity index (χ3n) is 2.78. The summed E-state index contributed by atoms with van der Waals surface area (Å²) in [5, 5.41) is 3.11. The van der Waals surface area contributed by atoms with Crippen LogP contribution in [0, 0.1) is 0 Å². The summed E-state index contributed by atoms with van der Waals surface area (Å²) in [7, 11) is 3.97. The summed E-state index contributed by atoms with van der Waals surface area (Å²) in [6.45, 7) is 3.48. The number of rotatable bonds is 6. The molecule has 0 aliphatic heterocycles. The van der Waals surface area contributed by atoms with E-state index < -0.39 is 0 Å². The fourth-order valence-corrected chi connectivity index (χ4v) is 1.73. The second-order valence-electron chi connectivity index (χ2n) is 4.21. The lowest BCUT2D eigenvalue weighted by molar-refractivity contribution is 0.101. The van der Waals surface area contributed by atoms with E-state index in [1.165, 1.54) is 6.92 Å². The molecule has 3 N–H and O–H groups in total. The van der Waals surface area contributed by atoms with Crippen LogP contribution in [-0.4, -0.2) is 33.0 Å². The molecule has 4 heteroatoms. The summed E-state index contributed by atoms with van der Waals surface area (Å²) < 4.78 is 0. The maximum atomic E-state index is 11.3. The first-order valence-electron chi connectivity index (χ1n) is 5.82. The Labute approximate surface area is 103 Å². The predicted molar refractivity (Wildman–Crippen MR) is 72.7 cm³/mol. The summed E-state index contributed by atoms with van der Waals surface area (Å²) >= 11 is 0. The molecule has 0 bridgehead atoms. The van der Waals surface area contributed by atoms with Crippen molar-refractivity contribution in [2.75, 3.05) is 37.8 Å². The Morgan fingerprint density at radius 1 is 1.47 bits per heavy atom. The highest BCUT2D eigenvalue weighted by Crippen LogP contribution is 2.21. The number of carbonyl (C=O) groups is 1. The number of benzene rings is 1. The first-order valence-corrected chi connectivity index (χ1v) is 5.82. The lowest BCUT2D eigenvalue weighted by Crippen LogP contribution is -2.22. The lowest BCUT2D eigenvalue weighted by Gasteiger charge is -2.20. The van der Waals surface area contributed by atoms with E-state index in [1.807, 2.05) is 26.2 Å². The molecule has 1 aromatic rings. The van der Waals surface area contributed by atoms with E-state index in [0.717, 1.165) is 25.2 Å². The Kier molecular flexibility index (Phi) is 4.97. The van der Waals surface area contributed by atoms with Gasteiger partial charge in [-0.05, 0) is 45.1 Å². The van der Waals surface area contributed by atoms with Gasteiger partial charge >= 0.3 is 0 Å². The summed E-state index contributed by atoms with van der Waals surface area (Å²) in [4.78, 5) is 13.4. The van der Waals surface area contributed by atoms with Gasteiger partial charge in [0.1, 0.15) is 0 Å². The van der Waals surface area contributed by atoms with Crippen LogP contribution in [0.1, 0.15) is 23.7 Å². The van der Waals surface area contributed by atoms with Gasteiger partial charge in [0, 0.05) is 30.5 Å². The van der Waals surface area contributed by atoms with E-state index in [4.69, 9.17) is 5.73 Å². The van der Waals surface area contributed by atoms with Crippen molar-refractivity contribution < 1.29 is 4.79 Å². The van der Waals surface area contributed by atoms with Gasteiger partial charge in [-0.25, -0.2) is 0 Å². The largest absolute Gasteiger partial charge is 0.398 e. The van der Waals surface area contributed by atoms with Crippen molar-refractivity contribution in [1.82, 2.24) is 5.32 Å². The normalized spacial score (nSPS) is 10.3. The van der Waals surface area contributed by atoms with E-state index in [2.05, 4.69) is 10.2 Å². The lowest BCUT2D eigenvalue weighted by atomic mass is 10.1. The summed E-state index contributed by atoms with van der Waals surface area (Å²) in [5.74, 6) is 0.00638. The molecule has 0 fully saturated rings. The van der Waals surface area contributed by atoms with Gasteiger partial charge in [-0.2, -0.15) is 0 Å². The number of anilines is 2. The highest BCUT2D eigenvalue weighted by atomic mass is 16.1. The standard InChI is InChI=1S/C13H21N3O/c1-10(17)12-6-5-11(9-13(12)14)16(3)8-4-7-15-2/h5-6,9,15H,4,7-8,14H2,1-3H3. The fraction of sp³-hybridized carbons (Fsp3) is 0.462. The number of nitrogens with one attached hydrogen (secondary N) is 1. The molecule has 0 saturated heterocycles. The van der Waals surface area contributed by atoms with Crippen LogP contribution >= 0.6 is 0 Å². The van der Waals surface area contributed by atoms with Crippen molar-refractivity contribution in [3.63, 3.8) is 0 Å². The number of nitrogen functional groups attached to an aromatic ring is 1. The molecule has 0 aliphatic rings. The number of ketones is 1. The first kappa shape index (κ1) is 13.5. The van der Waals surface area contributed by atoms with Gasteiger partial charge < -0.3 is 16.0 Å². The first-order chi connectivity index (χ1) is 8.06. The summed E-state index contributed by atoms with van der Waals surface area (Å²) in [6, 6.07) is 5.59. The van der Waals surface area contributed by atoms with Crippen LogP contribution in [0.25, 0.3) is 0 Å². The average molecular weight is 235 g/mol. The van der Waals surface area contributed by atoms with Gasteiger partial charge in [-0.15, -0.1) is 0 Å². The van der Waals surface area contributed by atoms with Gasteiger partial charge in [0.15, 0.2) is 5.78 Å². The molecule has 0 radical (unpaired) electrons. The quantitative estimate of drug-likeness (QED) is 0.446. The topological polar surface area (TPSA) is 58.4 Å². The number of nitrogens with zero attached hydrogens (tertiary/aromatic N) is 1. The van der Waals surface area contributed by atoms with Gasteiger partial charge in [0.2, 0.25) is 0 Å². The molecular formula is C13H21N3O. The van der Waals surface area contributed by atoms with Gasteiger partial charge in [0.05, 0.1) is 0 Å². The zero-order valence-corrected chi connectivity index (χ0v) is 10.8. The second-order valence-corrected chi connectivity index (χ2v) is 4.21. The molecule has 4 nitrogen and oxygen atoms in total. The molecule has 0 unspecified atom stereocenters. The maximum absolute atomic E-state index is 11.3. The zero-order valence-electron chi connectivity index (χ0n) is 10.8. The fourth-order valence-electron chi connectivity index (χ4n) is 1.73. The van der Waals surface area contributed by atoms with E-state index in [-0.39, 0.29) is 5.78 Å². The summed E-state index contributed by atoms with van der Waals surface area (Å²) in [6.07, 6.45) is 1.07. The minimum atomic E-state index is 0.00638. The number of hydrogen-bond donors (Lipinski definition) is 2. The second kappa shape index (κ2) is 6.25. The van der Waals surface area contributed by atoms with Crippen LogP contribution in [0.15, 0.2) is 18.2 Å². The van der Waals surface area contributed by atoms with Crippen molar-refractivity contribution >= 4 is 17.2 Å². The number of Topliss-reactive ketones (excluding diaryl/α,β-unsaturated/α-hetero) is 1. The Bertz CT molecular complexity index is 390.